The fourth-order valence-corrected chi connectivity index (χ4v) is 4.21. The lowest BCUT2D eigenvalue weighted by molar-refractivity contribution is -0.0494. The van der Waals surface area contributed by atoms with Crippen LogP contribution in [0.5, 0.6) is 5.75 Å². The first-order valence-electron chi connectivity index (χ1n) is 9.96. The lowest BCUT2D eigenvalue weighted by atomic mass is 9.97. The fraction of sp³-hybridized carbons (Fsp3) is 0.550. The Hall–Kier alpha value is -2.55. The summed E-state index contributed by atoms with van der Waals surface area (Å²) in [4.78, 5) is 15.9. The first-order valence-corrected chi connectivity index (χ1v) is 9.96. The SMILES string of the molecule is CC1CC1c1nc(-c2cnc(N)c(OC(F)F)c2)cc(N2C[C@@H]3CC[C@H]2CO3)n1. The highest BCUT2D eigenvalue weighted by atomic mass is 19.3. The molecular formula is C20H23F2N5O2. The summed E-state index contributed by atoms with van der Waals surface area (Å²) in [5.41, 5.74) is 6.90. The summed E-state index contributed by atoms with van der Waals surface area (Å²) in [6.45, 7) is 0.716. The number of fused-ring (bicyclic) bond motifs is 3. The number of rotatable bonds is 5. The van der Waals surface area contributed by atoms with E-state index in [2.05, 4.69) is 21.5 Å². The van der Waals surface area contributed by atoms with Gasteiger partial charge < -0.3 is 20.1 Å². The van der Waals surface area contributed by atoms with Crippen molar-refractivity contribution < 1.29 is 18.3 Å². The maximum Gasteiger partial charge on any atom is 0.387 e. The van der Waals surface area contributed by atoms with Gasteiger partial charge in [-0.05, 0) is 31.2 Å². The maximum absolute atomic E-state index is 12.7. The van der Waals surface area contributed by atoms with Gasteiger partial charge in [0, 0.05) is 30.3 Å². The molecule has 154 valence electrons. The molecule has 0 radical (unpaired) electrons. The summed E-state index contributed by atoms with van der Waals surface area (Å²) >= 11 is 0. The highest BCUT2D eigenvalue weighted by Gasteiger charge is 2.39. The van der Waals surface area contributed by atoms with Crippen LogP contribution in [0.2, 0.25) is 0 Å². The van der Waals surface area contributed by atoms with Crippen molar-refractivity contribution in [1.82, 2.24) is 15.0 Å². The third-order valence-electron chi connectivity index (χ3n) is 6.05. The van der Waals surface area contributed by atoms with Gasteiger partial charge in [-0.15, -0.1) is 0 Å². The van der Waals surface area contributed by atoms with E-state index in [9.17, 15) is 8.78 Å². The Balaban J connectivity index is 1.54. The first kappa shape index (κ1) is 18.5. The minimum Gasteiger partial charge on any atom is -0.431 e. The topological polar surface area (TPSA) is 86.4 Å². The van der Waals surface area contributed by atoms with Crippen LogP contribution >= 0.6 is 0 Å². The minimum atomic E-state index is -2.97. The van der Waals surface area contributed by atoms with Crippen LogP contribution in [0.15, 0.2) is 18.3 Å². The molecule has 0 spiro atoms. The van der Waals surface area contributed by atoms with Crippen molar-refractivity contribution in [2.75, 3.05) is 23.8 Å². The standard InChI is InChI=1S/C20H23F2N5O2/c1-10-4-14(10)19-25-15(11-5-16(29-20(21)22)18(23)24-7-11)6-17(26-19)27-8-13-3-2-12(27)9-28-13/h5-7,10,12-14,20H,2-4,8-9H2,1H3,(H2,23,24)/t10?,12-,13-,14?/m0/s1. The zero-order valence-corrected chi connectivity index (χ0v) is 16.1. The van der Waals surface area contributed by atoms with Crippen molar-refractivity contribution in [2.24, 2.45) is 5.92 Å². The molecule has 1 saturated carbocycles. The largest absolute Gasteiger partial charge is 0.431 e. The molecule has 1 aliphatic carbocycles. The molecule has 4 aliphatic rings. The zero-order valence-electron chi connectivity index (χ0n) is 16.1. The van der Waals surface area contributed by atoms with Crippen LogP contribution in [-0.4, -0.2) is 46.9 Å². The van der Waals surface area contributed by atoms with E-state index in [1.54, 1.807) is 0 Å². The number of nitrogens with zero attached hydrogens (tertiary/aromatic N) is 4. The van der Waals surface area contributed by atoms with Gasteiger partial charge in [-0.25, -0.2) is 15.0 Å². The van der Waals surface area contributed by atoms with E-state index in [4.69, 9.17) is 20.4 Å². The zero-order chi connectivity index (χ0) is 20.1. The Morgan fingerprint density at radius 2 is 2.10 bits per heavy atom. The molecule has 2 bridgehead atoms. The number of aromatic nitrogens is 3. The Morgan fingerprint density at radius 1 is 1.28 bits per heavy atom. The average molecular weight is 403 g/mol. The number of alkyl halides is 2. The van der Waals surface area contributed by atoms with E-state index in [0.717, 1.165) is 37.4 Å². The molecule has 2 unspecified atom stereocenters. The first-order chi connectivity index (χ1) is 14.0. The van der Waals surface area contributed by atoms with Crippen LogP contribution < -0.4 is 15.4 Å². The lowest BCUT2D eigenvalue weighted by Gasteiger charge is -2.45. The fourth-order valence-electron chi connectivity index (χ4n) is 4.21. The van der Waals surface area contributed by atoms with Crippen molar-refractivity contribution in [1.29, 1.82) is 0 Å². The minimum absolute atomic E-state index is 0.0788. The quantitative estimate of drug-likeness (QED) is 0.820. The monoisotopic (exact) mass is 403 g/mol. The van der Waals surface area contributed by atoms with Gasteiger partial charge in [0.2, 0.25) is 0 Å². The number of hydrogen-bond acceptors (Lipinski definition) is 7. The molecule has 29 heavy (non-hydrogen) atoms. The number of anilines is 2. The molecule has 2 aromatic rings. The van der Waals surface area contributed by atoms with Crippen molar-refractivity contribution in [3.05, 3.63) is 24.2 Å². The highest BCUT2D eigenvalue weighted by molar-refractivity contribution is 5.67. The lowest BCUT2D eigenvalue weighted by Crippen LogP contribution is -2.54. The van der Waals surface area contributed by atoms with Crippen LogP contribution in [0.4, 0.5) is 20.4 Å². The van der Waals surface area contributed by atoms with Crippen LogP contribution in [0.3, 0.4) is 0 Å². The molecule has 9 heteroatoms. The second kappa shape index (κ2) is 7.05. The van der Waals surface area contributed by atoms with E-state index in [1.807, 2.05) is 6.07 Å². The summed E-state index contributed by atoms with van der Waals surface area (Å²) in [5.74, 6) is 2.29. The number of hydrogen-bond donors (Lipinski definition) is 1. The van der Waals surface area contributed by atoms with Crippen LogP contribution in [0, 0.1) is 5.92 Å². The molecular weight excluding hydrogens is 380 g/mol. The predicted molar refractivity (Wildman–Crippen MR) is 103 cm³/mol. The molecule has 0 amide bonds. The van der Waals surface area contributed by atoms with E-state index in [1.165, 1.54) is 12.3 Å². The number of nitrogen functional groups attached to an aromatic ring is 1. The van der Waals surface area contributed by atoms with E-state index >= 15 is 0 Å². The van der Waals surface area contributed by atoms with Gasteiger partial charge in [-0.3, -0.25) is 0 Å². The Morgan fingerprint density at radius 3 is 2.72 bits per heavy atom. The number of morpholine rings is 1. The van der Waals surface area contributed by atoms with Gasteiger partial charge in [0.1, 0.15) is 11.6 Å². The number of nitrogens with two attached hydrogens (primary N) is 1. The predicted octanol–water partition coefficient (Wildman–Crippen LogP) is 3.21. The maximum atomic E-state index is 12.7. The Labute approximate surface area is 167 Å². The van der Waals surface area contributed by atoms with Gasteiger partial charge in [-0.1, -0.05) is 6.92 Å². The van der Waals surface area contributed by atoms with Crippen LogP contribution in [0.1, 0.15) is 37.9 Å². The molecule has 3 saturated heterocycles. The molecule has 2 aromatic heterocycles. The van der Waals surface area contributed by atoms with E-state index in [-0.39, 0.29) is 17.7 Å². The van der Waals surface area contributed by atoms with Crippen molar-refractivity contribution in [3.63, 3.8) is 0 Å². The van der Waals surface area contributed by atoms with Gasteiger partial charge in [0.05, 0.1) is 24.4 Å². The number of piperidine rings is 1. The normalized spacial score (nSPS) is 28.1. The molecule has 2 N–H and O–H groups in total. The summed E-state index contributed by atoms with van der Waals surface area (Å²) in [6.07, 6.45) is 4.96. The average Bonchev–Trinajstić information content (AvgIpc) is 3.46. The number of pyridine rings is 1. The van der Waals surface area contributed by atoms with Crippen LogP contribution in [-0.2, 0) is 4.74 Å². The summed E-state index contributed by atoms with van der Waals surface area (Å²) in [6, 6.07) is 3.66. The molecule has 6 rings (SSSR count). The van der Waals surface area contributed by atoms with E-state index < -0.39 is 6.61 Å². The highest BCUT2D eigenvalue weighted by Crippen LogP contribution is 2.46. The summed E-state index contributed by atoms with van der Waals surface area (Å²) in [5, 5.41) is 0. The number of ether oxygens (including phenoxy) is 2. The summed E-state index contributed by atoms with van der Waals surface area (Å²) < 4.78 is 35.7. The molecule has 4 fully saturated rings. The summed E-state index contributed by atoms with van der Waals surface area (Å²) in [7, 11) is 0. The molecule has 4 atom stereocenters. The van der Waals surface area contributed by atoms with Gasteiger partial charge >= 0.3 is 6.61 Å². The van der Waals surface area contributed by atoms with Gasteiger partial charge in [-0.2, -0.15) is 8.78 Å². The third-order valence-corrected chi connectivity index (χ3v) is 6.05. The molecule has 5 heterocycles. The van der Waals surface area contributed by atoms with Crippen molar-refractivity contribution in [3.8, 4) is 17.0 Å². The molecule has 0 aromatic carbocycles. The number of halogens is 2. The van der Waals surface area contributed by atoms with Gasteiger partial charge in [0.15, 0.2) is 11.6 Å². The van der Waals surface area contributed by atoms with Crippen molar-refractivity contribution in [2.45, 2.75) is 50.9 Å². The van der Waals surface area contributed by atoms with Crippen molar-refractivity contribution >= 4 is 11.6 Å². The van der Waals surface area contributed by atoms with Gasteiger partial charge in [0.25, 0.3) is 0 Å². The second-order valence-electron chi connectivity index (χ2n) is 8.11. The smallest absolute Gasteiger partial charge is 0.387 e. The van der Waals surface area contributed by atoms with E-state index in [0.29, 0.717) is 35.7 Å². The van der Waals surface area contributed by atoms with Crippen LogP contribution in [0.25, 0.3) is 11.3 Å². The second-order valence-corrected chi connectivity index (χ2v) is 8.11. The Bertz CT molecular complexity index is 920. The molecule has 3 aliphatic heterocycles. The third kappa shape index (κ3) is 3.59. The Kier molecular flexibility index (Phi) is 4.49. The molecule has 7 nitrogen and oxygen atoms in total.